The Labute approximate surface area is 115 Å². The molecule has 106 valence electrons. The molecule has 0 amide bonds. The lowest BCUT2D eigenvalue weighted by molar-refractivity contribution is 0.193. The molecule has 0 bridgehead atoms. The van der Waals surface area contributed by atoms with Crippen LogP contribution in [0.1, 0.15) is 24.9 Å². The van der Waals surface area contributed by atoms with Crippen LogP contribution in [0.15, 0.2) is 24.3 Å². The number of benzene rings is 1. The van der Waals surface area contributed by atoms with E-state index in [4.69, 9.17) is 5.73 Å². The van der Waals surface area contributed by atoms with Crippen LogP contribution in [0, 0.1) is 5.82 Å². The van der Waals surface area contributed by atoms with Crippen LogP contribution in [0.5, 0.6) is 0 Å². The molecule has 2 rings (SSSR count). The summed E-state index contributed by atoms with van der Waals surface area (Å²) in [5.41, 5.74) is 6.84. The van der Waals surface area contributed by atoms with Gasteiger partial charge < -0.3 is 10.6 Å². The summed E-state index contributed by atoms with van der Waals surface area (Å²) in [6.07, 6.45) is 1.12. The van der Waals surface area contributed by atoms with Crippen molar-refractivity contribution in [2.45, 2.75) is 31.5 Å². The van der Waals surface area contributed by atoms with Gasteiger partial charge in [-0.1, -0.05) is 18.2 Å². The molecule has 0 radical (unpaired) electrons. The normalized spacial score (nSPS) is 23.8. The zero-order valence-corrected chi connectivity index (χ0v) is 12.0. The highest BCUT2D eigenvalue weighted by atomic mass is 19.1. The molecule has 1 aliphatic heterocycles. The number of nitrogens with zero attached hydrogens (tertiary/aromatic N) is 2. The Hall–Kier alpha value is -0.970. The van der Waals surface area contributed by atoms with Crippen LogP contribution in [0.3, 0.4) is 0 Å². The summed E-state index contributed by atoms with van der Waals surface area (Å²) in [4.78, 5) is 4.55. The Balaban J connectivity index is 2.21. The van der Waals surface area contributed by atoms with Gasteiger partial charge >= 0.3 is 0 Å². The molecule has 1 aliphatic rings. The minimum absolute atomic E-state index is 0.0360. The molecular formula is C15H24FN3. The number of halogens is 1. The van der Waals surface area contributed by atoms with Gasteiger partial charge in [0.05, 0.1) is 6.04 Å². The van der Waals surface area contributed by atoms with Crippen molar-refractivity contribution in [3.8, 4) is 0 Å². The van der Waals surface area contributed by atoms with E-state index in [9.17, 15) is 4.39 Å². The molecule has 19 heavy (non-hydrogen) atoms. The highest BCUT2D eigenvalue weighted by Gasteiger charge is 2.33. The van der Waals surface area contributed by atoms with Gasteiger partial charge in [-0.3, -0.25) is 4.90 Å². The van der Waals surface area contributed by atoms with Gasteiger partial charge in [-0.2, -0.15) is 0 Å². The van der Waals surface area contributed by atoms with Gasteiger partial charge in [0, 0.05) is 30.7 Å². The number of rotatable bonds is 4. The van der Waals surface area contributed by atoms with Crippen LogP contribution in [0.2, 0.25) is 0 Å². The second-order valence-electron chi connectivity index (χ2n) is 5.73. The predicted octanol–water partition coefficient (Wildman–Crippen LogP) is 1.85. The van der Waals surface area contributed by atoms with E-state index in [0.29, 0.717) is 6.04 Å². The van der Waals surface area contributed by atoms with E-state index in [0.717, 1.165) is 25.1 Å². The van der Waals surface area contributed by atoms with Crippen molar-refractivity contribution in [3.05, 3.63) is 35.6 Å². The third-order valence-corrected chi connectivity index (χ3v) is 4.04. The lowest BCUT2D eigenvalue weighted by Crippen LogP contribution is -2.40. The molecule has 2 N–H and O–H groups in total. The first-order valence-electron chi connectivity index (χ1n) is 6.91. The standard InChI is InChI=1S/C15H24FN3/c1-11(17)15(13-6-4-5-7-14(13)16)19-9-8-12(10-19)18(2)3/h4-7,11-12,15H,8-10,17H2,1-3H3. The molecule has 0 spiro atoms. The van der Waals surface area contributed by atoms with Gasteiger partial charge in [0.2, 0.25) is 0 Å². The minimum Gasteiger partial charge on any atom is -0.326 e. The van der Waals surface area contributed by atoms with Crippen LogP contribution in [0.4, 0.5) is 4.39 Å². The molecule has 1 saturated heterocycles. The zero-order valence-electron chi connectivity index (χ0n) is 12.0. The van der Waals surface area contributed by atoms with E-state index in [-0.39, 0.29) is 17.9 Å². The monoisotopic (exact) mass is 265 g/mol. The van der Waals surface area contributed by atoms with Crippen LogP contribution >= 0.6 is 0 Å². The Morgan fingerprint density at radius 1 is 1.37 bits per heavy atom. The van der Waals surface area contributed by atoms with Crippen molar-refractivity contribution in [2.24, 2.45) is 5.73 Å². The third kappa shape index (κ3) is 3.14. The van der Waals surface area contributed by atoms with E-state index in [1.807, 2.05) is 19.1 Å². The molecule has 0 aliphatic carbocycles. The number of hydrogen-bond acceptors (Lipinski definition) is 3. The van der Waals surface area contributed by atoms with Crippen molar-refractivity contribution in [3.63, 3.8) is 0 Å². The Kier molecular flexibility index (Phi) is 4.55. The Bertz CT molecular complexity index is 420. The molecule has 1 heterocycles. The first-order chi connectivity index (χ1) is 9.00. The summed E-state index contributed by atoms with van der Waals surface area (Å²) in [6.45, 7) is 3.89. The van der Waals surface area contributed by atoms with Crippen LogP contribution in [-0.4, -0.2) is 49.1 Å². The van der Waals surface area contributed by atoms with Crippen molar-refractivity contribution in [2.75, 3.05) is 27.2 Å². The van der Waals surface area contributed by atoms with Crippen molar-refractivity contribution >= 4 is 0 Å². The van der Waals surface area contributed by atoms with Gasteiger partial charge in [0.25, 0.3) is 0 Å². The van der Waals surface area contributed by atoms with Crippen LogP contribution in [0.25, 0.3) is 0 Å². The summed E-state index contributed by atoms with van der Waals surface area (Å²) in [5.74, 6) is -0.155. The highest BCUT2D eigenvalue weighted by molar-refractivity contribution is 5.23. The summed E-state index contributed by atoms with van der Waals surface area (Å²) >= 11 is 0. The maximum absolute atomic E-state index is 14.0. The van der Waals surface area contributed by atoms with E-state index < -0.39 is 0 Å². The average molecular weight is 265 g/mol. The fourth-order valence-electron chi connectivity index (χ4n) is 2.97. The highest BCUT2D eigenvalue weighted by Crippen LogP contribution is 2.30. The molecule has 4 heteroatoms. The fraction of sp³-hybridized carbons (Fsp3) is 0.600. The lowest BCUT2D eigenvalue weighted by atomic mass is 9.99. The van der Waals surface area contributed by atoms with Gasteiger partial charge in [-0.05, 0) is 33.5 Å². The number of hydrogen-bond donors (Lipinski definition) is 1. The molecular weight excluding hydrogens is 241 g/mol. The first-order valence-corrected chi connectivity index (χ1v) is 6.91. The molecule has 0 aromatic heterocycles. The predicted molar refractivity (Wildman–Crippen MR) is 76.5 cm³/mol. The quantitative estimate of drug-likeness (QED) is 0.902. The number of likely N-dealkylation sites (tertiary alicyclic amines) is 1. The number of likely N-dealkylation sites (N-methyl/N-ethyl adjacent to an activating group) is 1. The van der Waals surface area contributed by atoms with E-state index in [2.05, 4.69) is 23.9 Å². The van der Waals surface area contributed by atoms with Crippen molar-refractivity contribution in [1.82, 2.24) is 9.80 Å². The minimum atomic E-state index is -0.155. The van der Waals surface area contributed by atoms with E-state index >= 15 is 0 Å². The second-order valence-corrected chi connectivity index (χ2v) is 5.73. The molecule has 1 aromatic rings. The zero-order chi connectivity index (χ0) is 14.0. The number of nitrogens with two attached hydrogens (primary N) is 1. The maximum atomic E-state index is 14.0. The molecule has 1 aromatic carbocycles. The smallest absolute Gasteiger partial charge is 0.128 e. The second kappa shape index (κ2) is 5.99. The Morgan fingerprint density at radius 3 is 2.58 bits per heavy atom. The van der Waals surface area contributed by atoms with Crippen molar-refractivity contribution < 1.29 is 4.39 Å². The van der Waals surface area contributed by atoms with E-state index in [1.54, 1.807) is 6.07 Å². The lowest BCUT2D eigenvalue weighted by Gasteiger charge is -2.32. The fourth-order valence-corrected chi connectivity index (χ4v) is 2.97. The molecule has 1 fully saturated rings. The van der Waals surface area contributed by atoms with Gasteiger partial charge in [0.15, 0.2) is 0 Å². The van der Waals surface area contributed by atoms with Gasteiger partial charge in [0.1, 0.15) is 5.82 Å². The van der Waals surface area contributed by atoms with Crippen LogP contribution < -0.4 is 5.73 Å². The largest absolute Gasteiger partial charge is 0.326 e. The topological polar surface area (TPSA) is 32.5 Å². The van der Waals surface area contributed by atoms with Gasteiger partial charge in [-0.25, -0.2) is 4.39 Å². The summed E-state index contributed by atoms with van der Waals surface area (Å²) in [6, 6.07) is 7.39. The SMILES string of the molecule is CC(N)C(c1ccccc1F)N1CCC(N(C)C)C1. The summed E-state index contributed by atoms with van der Waals surface area (Å²) in [5, 5.41) is 0. The van der Waals surface area contributed by atoms with Gasteiger partial charge in [-0.15, -0.1) is 0 Å². The van der Waals surface area contributed by atoms with Crippen LogP contribution in [-0.2, 0) is 0 Å². The average Bonchev–Trinajstić information content (AvgIpc) is 2.81. The van der Waals surface area contributed by atoms with E-state index in [1.165, 1.54) is 6.07 Å². The maximum Gasteiger partial charge on any atom is 0.128 e. The molecule has 3 nitrogen and oxygen atoms in total. The third-order valence-electron chi connectivity index (χ3n) is 4.04. The van der Waals surface area contributed by atoms with Crippen molar-refractivity contribution in [1.29, 1.82) is 0 Å². The molecule has 3 atom stereocenters. The Morgan fingerprint density at radius 2 is 2.05 bits per heavy atom. The summed E-state index contributed by atoms with van der Waals surface area (Å²) < 4.78 is 14.0. The molecule has 0 saturated carbocycles. The summed E-state index contributed by atoms with van der Waals surface area (Å²) in [7, 11) is 4.19. The molecule has 3 unspecified atom stereocenters. The first kappa shape index (κ1) is 14.4.